The van der Waals surface area contributed by atoms with Crippen molar-refractivity contribution in [3.8, 4) is 67.9 Å². The molecule has 71 heavy (non-hydrogen) atoms. The molecule has 5 heteroatoms. The van der Waals surface area contributed by atoms with Crippen LogP contribution in [0.15, 0.2) is 224 Å². The van der Waals surface area contributed by atoms with Gasteiger partial charge in [-0.05, 0) is 85.7 Å². The second-order valence-corrected chi connectivity index (χ2v) is 19.9. The number of nitrogens with zero attached hydrogens (tertiary/aromatic N) is 5. The second-order valence-electron chi connectivity index (χ2n) is 19.9. The first-order valence-corrected chi connectivity index (χ1v) is 24.7. The molecular formula is C66H47N5. The van der Waals surface area contributed by atoms with Gasteiger partial charge in [-0.25, -0.2) is 24.9 Å². The molecule has 0 aliphatic heterocycles. The Morgan fingerprint density at radius 3 is 1.63 bits per heavy atom. The maximum atomic E-state index is 5.50. The molecule has 2 aromatic heterocycles. The lowest BCUT2D eigenvalue weighted by molar-refractivity contribution is 0.563. The van der Waals surface area contributed by atoms with E-state index in [0.717, 1.165) is 62.3 Å². The molecule has 1 spiro atoms. The van der Waals surface area contributed by atoms with Crippen molar-refractivity contribution >= 4 is 5.57 Å². The zero-order valence-electron chi connectivity index (χ0n) is 39.5. The van der Waals surface area contributed by atoms with Crippen molar-refractivity contribution in [2.75, 3.05) is 0 Å². The van der Waals surface area contributed by atoms with E-state index in [9.17, 15) is 0 Å². The SMILES string of the molecule is CC1(C)c2ccccc2C2(c3ccc(-c4nc(C5=CC6Cc7ccccc7C6C=C5)cc(-c5ccccc5)n4)cc3-c3c(-c4nc(-c5ccccc5)nc(-c5ccccc5)n4)cccc32)c2ccccc21. The lowest BCUT2D eigenvalue weighted by Gasteiger charge is -2.46. The number of fused-ring (bicyclic) bond motifs is 12. The Balaban J connectivity index is 1.02. The minimum atomic E-state index is -0.648. The summed E-state index contributed by atoms with van der Waals surface area (Å²) < 4.78 is 0. The molecule has 336 valence electrons. The van der Waals surface area contributed by atoms with Gasteiger partial charge in [0, 0.05) is 39.2 Å². The fraction of sp³-hybridized carbons (Fsp3) is 0.106. The third kappa shape index (κ3) is 6.35. The summed E-state index contributed by atoms with van der Waals surface area (Å²) in [6.45, 7) is 4.73. The molecule has 2 heterocycles. The van der Waals surface area contributed by atoms with Gasteiger partial charge in [0.25, 0.3) is 0 Å². The summed E-state index contributed by atoms with van der Waals surface area (Å²) in [6, 6.07) is 73.9. The highest BCUT2D eigenvalue weighted by atomic mass is 15.0. The smallest absolute Gasteiger partial charge is 0.164 e. The number of hydrogen-bond acceptors (Lipinski definition) is 5. The molecule has 14 rings (SSSR count). The monoisotopic (exact) mass is 909 g/mol. The summed E-state index contributed by atoms with van der Waals surface area (Å²) in [7, 11) is 0. The van der Waals surface area contributed by atoms with E-state index in [0.29, 0.717) is 35.1 Å². The van der Waals surface area contributed by atoms with Gasteiger partial charge >= 0.3 is 0 Å². The zero-order chi connectivity index (χ0) is 47.3. The van der Waals surface area contributed by atoms with Gasteiger partial charge in [-0.2, -0.15) is 0 Å². The normalized spacial score (nSPS) is 17.1. The fourth-order valence-electron chi connectivity index (χ4n) is 12.4. The van der Waals surface area contributed by atoms with Gasteiger partial charge in [-0.3, -0.25) is 0 Å². The Morgan fingerprint density at radius 2 is 0.958 bits per heavy atom. The van der Waals surface area contributed by atoms with Gasteiger partial charge in [0.15, 0.2) is 23.3 Å². The molecule has 5 nitrogen and oxygen atoms in total. The number of aromatic nitrogens is 5. The van der Waals surface area contributed by atoms with Crippen LogP contribution >= 0.6 is 0 Å². The van der Waals surface area contributed by atoms with Crippen LogP contribution in [0.25, 0.3) is 73.5 Å². The van der Waals surface area contributed by atoms with Gasteiger partial charge in [0.05, 0.1) is 16.8 Å². The van der Waals surface area contributed by atoms with E-state index in [1.54, 1.807) is 0 Å². The topological polar surface area (TPSA) is 64.5 Å². The molecule has 0 amide bonds. The fourth-order valence-corrected chi connectivity index (χ4v) is 12.4. The number of allylic oxidation sites excluding steroid dienone is 4. The van der Waals surface area contributed by atoms with E-state index in [2.05, 4.69) is 202 Å². The first-order valence-electron chi connectivity index (χ1n) is 24.7. The van der Waals surface area contributed by atoms with Crippen LogP contribution in [-0.4, -0.2) is 24.9 Å². The van der Waals surface area contributed by atoms with Gasteiger partial charge < -0.3 is 0 Å². The Bertz CT molecular complexity index is 3730. The van der Waals surface area contributed by atoms with Gasteiger partial charge in [-0.15, -0.1) is 0 Å². The molecule has 2 atom stereocenters. The van der Waals surface area contributed by atoms with Crippen molar-refractivity contribution in [1.29, 1.82) is 0 Å². The van der Waals surface area contributed by atoms with E-state index in [-0.39, 0.29) is 5.41 Å². The molecule has 0 saturated carbocycles. The van der Waals surface area contributed by atoms with Gasteiger partial charge in [0.2, 0.25) is 0 Å². The Morgan fingerprint density at radius 1 is 0.408 bits per heavy atom. The number of rotatable bonds is 6. The third-order valence-electron chi connectivity index (χ3n) is 15.7. The highest BCUT2D eigenvalue weighted by Gasteiger charge is 2.54. The second kappa shape index (κ2) is 15.9. The largest absolute Gasteiger partial charge is 0.228 e. The van der Waals surface area contributed by atoms with Crippen LogP contribution in [0, 0.1) is 5.92 Å². The molecule has 4 aliphatic rings. The van der Waals surface area contributed by atoms with E-state index in [1.807, 2.05) is 36.4 Å². The van der Waals surface area contributed by atoms with Crippen LogP contribution in [0.5, 0.6) is 0 Å². The van der Waals surface area contributed by atoms with Gasteiger partial charge in [-0.1, -0.05) is 226 Å². The molecule has 0 N–H and O–H groups in total. The molecular weight excluding hydrogens is 863 g/mol. The molecule has 0 saturated heterocycles. The van der Waals surface area contributed by atoms with Crippen molar-refractivity contribution < 1.29 is 0 Å². The molecule has 4 aliphatic carbocycles. The zero-order valence-corrected chi connectivity index (χ0v) is 39.5. The lowest BCUT2D eigenvalue weighted by Crippen LogP contribution is -2.40. The highest BCUT2D eigenvalue weighted by Crippen LogP contribution is 2.63. The van der Waals surface area contributed by atoms with Crippen molar-refractivity contribution in [3.63, 3.8) is 0 Å². The minimum Gasteiger partial charge on any atom is -0.228 e. The van der Waals surface area contributed by atoms with Crippen molar-refractivity contribution in [1.82, 2.24) is 24.9 Å². The third-order valence-corrected chi connectivity index (χ3v) is 15.7. The van der Waals surface area contributed by atoms with Crippen molar-refractivity contribution in [3.05, 3.63) is 275 Å². The maximum Gasteiger partial charge on any atom is 0.164 e. The summed E-state index contributed by atoms with van der Waals surface area (Å²) in [4.78, 5) is 26.8. The molecule has 0 radical (unpaired) electrons. The summed E-state index contributed by atoms with van der Waals surface area (Å²) in [5, 5.41) is 0. The van der Waals surface area contributed by atoms with E-state index < -0.39 is 5.41 Å². The Kier molecular flexibility index (Phi) is 9.28. The molecule has 2 unspecified atom stereocenters. The average Bonchev–Trinajstić information content (AvgIpc) is 3.98. The quantitative estimate of drug-likeness (QED) is 0.166. The first kappa shape index (κ1) is 41.3. The number of benzene rings is 8. The summed E-state index contributed by atoms with van der Waals surface area (Å²) in [5.74, 6) is 3.30. The van der Waals surface area contributed by atoms with E-state index >= 15 is 0 Å². The van der Waals surface area contributed by atoms with Crippen LogP contribution < -0.4 is 0 Å². The summed E-state index contributed by atoms with van der Waals surface area (Å²) >= 11 is 0. The predicted octanol–water partition coefficient (Wildman–Crippen LogP) is 14.9. The van der Waals surface area contributed by atoms with Crippen LogP contribution in [0.4, 0.5) is 0 Å². The first-order chi connectivity index (χ1) is 34.9. The Labute approximate surface area is 414 Å². The van der Waals surface area contributed by atoms with Crippen LogP contribution in [0.3, 0.4) is 0 Å². The van der Waals surface area contributed by atoms with Crippen LogP contribution in [0.1, 0.15) is 70.0 Å². The molecule has 8 aromatic carbocycles. The van der Waals surface area contributed by atoms with Crippen LogP contribution in [0.2, 0.25) is 0 Å². The summed E-state index contributed by atoms with van der Waals surface area (Å²) in [6.07, 6.45) is 8.14. The molecule has 0 fully saturated rings. The predicted molar refractivity (Wildman–Crippen MR) is 286 cm³/mol. The average molecular weight is 910 g/mol. The standard InChI is InChI=1S/C66H47N5/c1-65(2)53-28-14-16-30-55(53)66(56-31-17-15-29-54(56)65)52-36-34-46(63-67-58(41-19-6-3-7-20-41)40-59(68-63)45-33-35-49-47(38-45)37-44-25-12-13-26-48(44)49)39-51(52)60-50(27-18-32-57(60)66)64-70-61(42-21-8-4-9-22-42)69-62(71-64)43-23-10-5-11-24-43/h3-36,38-40,47,49H,37H2,1-2H3. The minimum absolute atomic E-state index is 0.242. The Hall–Kier alpha value is -8.67. The molecule has 0 bridgehead atoms. The maximum absolute atomic E-state index is 5.50. The lowest BCUT2D eigenvalue weighted by atomic mass is 9.55. The van der Waals surface area contributed by atoms with Crippen molar-refractivity contribution in [2.45, 2.75) is 37.0 Å². The van der Waals surface area contributed by atoms with Crippen molar-refractivity contribution in [2.24, 2.45) is 5.92 Å². The highest BCUT2D eigenvalue weighted by molar-refractivity contribution is 5.97. The van der Waals surface area contributed by atoms with E-state index in [1.165, 1.54) is 44.5 Å². The van der Waals surface area contributed by atoms with E-state index in [4.69, 9.17) is 24.9 Å². The van der Waals surface area contributed by atoms with Gasteiger partial charge in [0.1, 0.15) is 0 Å². The molecule has 10 aromatic rings. The summed E-state index contributed by atoms with van der Waals surface area (Å²) in [5.41, 5.74) is 19.5. The number of hydrogen-bond donors (Lipinski definition) is 0. The van der Waals surface area contributed by atoms with Crippen LogP contribution in [-0.2, 0) is 17.3 Å².